The van der Waals surface area contributed by atoms with Crippen LogP contribution in [0.3, 0.4) is 0 Å². The molecule has 6 fully saturated rings. The van der Waals surface area contributed by atoms with Gasteiger partial charge in [0.1, 0.15) is 11.9 Å². The molecule has 11 nitrogen and oxygen atoms in total. The molecular formula is C32H45NO10. The third-order valence-electron chi connectivity index (χ3n) is 13.1. The number of likely N-dealkylation sites (tertiary alicyclic amines) is 1. The average Bonchev–Trinajstić information content (AvgIpc) is 3.38. The maximum atomic E-state index is 13.6. The van der Waals surface area contributed by atoms with Gasteiger partial charge in [-0.05, 0) is 62.4 Å². The molecular weight excluding hydrogens is 558 g/mol. The average molecular weight is 604 g/mol. The van der Waals surface area contributed by atoms with E-state index in [0.29, 0.717) is 38.3 Å². The smallest absolute Gasteiger partial charge is 0.338 e. The monoisotopic (exact) mass is 603 g/mol. The van der Waals surface area contributed by atoms with Gasteiger partial charge in [-0.3, -0.25) is 4.90 Å². The highest BCUT2D eigenvalue weighted by Crippen LogP contribution is 2.81. The second-order valence-corrected chi connectivity index (χ2v) is 14.1. The van der Waals surface area contributed by atoms with Gasteiger partial charge < -0.3 is 44.1 Å². The fraction of sp³-hybridized carbons (Fsp3) is 0.781. The van der Waals surface area contributed by atoms with Crippen LogP contribution in [0.1, 0.15) is 49.4 Å². The van der Waals surface area contributed by atoms with E-state index >= 15 is 0 Å². The summed E-state index contributed by atoms with van der Waals surface area (Å²) in [5, 5.41) is 50.7. The number of carbonyl (C=O) groups is 1. The van der Waals surface area contributed by atoms with E-state index in [2.05, 4.69) is 11.8 Å². The molecule has 0 amide bonds. The number of methoxy groups -OCH3 is 4. The molecule has 7 bridgehead atoms. The lowest BCUT2D eigenvalue weighted by Gasteiger charge is -2.71. The number of hydrogen-bond donors (Lipinski definition) is 4. The number of nitrogens with zero attached hydrogens (tertiary/aromatic N) is 1. The Bertz CT molecular complexity index is 1300. The van der Waals surface area contributed by atoms with Crippen molar-refractivity contribution in [2.45, 2.75) is 79.9 Å². The first-order valence-electron chi connectivity index (χ1n) is 15.5. The normalized spacial score (nSPS) is 50.9. The Morgan fingerprint density at radius 3 is 2.35 bits per heavy atom. The van der Waals surface area contributed by atoms with E-state index in [0.717, 1.165) is 0 Å². The summed E-state index contributed by atoms with van der Waals surface area (Å²) in [6, 6.07) is 6.14. The topological polar surface area (TPSA) is 147 Å². The highest BCUT2D eigenvalue weighted by Gasteiger charge is 2.92. The van der Waals surface area contributed by atoms with E-state index in [1.807, 2.05) is 0 Å². The predicted molar refractivity (Wildman–Crippen MR) is 151 cm³/mol. The molecule has 1 saturated heterocycles. The van der Waals surface area contributed by atoms with Crippen molar-refractivity contribution in [3.63, 3.8) is 0 Å². The van der Waals surface area contributed by atoms with Crippen molar-refractivity contribution in [1.29, 1.82) is 0 Å². The van der Waals surface area contributed by atoms with Gasteiger partial charge in [0.05, 0.1) is 36.6 Å². The first-order valence-corrected chi connectivity index (χ1v) is 15.5. The maximum Gasteiger partial charge on any atom is 0.338 e. The van der Waals surface area contributed by atoms with Gasteiger partial charge in [-0.25, -0.2) is 4.79 Å². The van der Waals surface area contributed by atoms with E-state index in [-0.39, 0.29) is 30.9 Å². The number of benzene rings is 1. The molecule has 1 aromatic carbocycles. The summed E-state index contributed by atoms with van der Waals surface area (Å²) in [5.74, 6) is -4.18. The highest BCUT2D eigenvalue weighted by molar-refractivity contribution is 5.89. The van der Waals surface area contributed by atoms with Crippen LogP contribution in [0.25, 0.3) is 0 Å². The molecule has 1 heterocycles. The molecule has 1 aromatic rings. The Kier molecular flexibility index (Phi) is 6.50. The van der Waals surface area contributed by atoms with Gasteiger partial charge in [0, 0.05) is 63.0 Å². The predicted octanol–water partition coefficient (Wildman–Crippen LogP) is 0.954. The van der Waals surface area contributed by atoms with Crippen molar-refractivity contribution in [2.75, 3.05) is 48.1 Å². The number of ether oxygens (including phenoxy) is 5. The third-order valence-corrected chi connectivity index (χ3v) is 13.1. The van der Waals surface area contributed by atoms with Crippen molar-refractivity contribution in [3.8, 4) is 5.75 Å². The number of esters is 1. The van der Waals surface area contributed by atoms with Crippen LogP contribution in [0.15, 0.2) is 24.3 Å². The van der Waals surface area contributed by atoms with Crippen LogP contribution >= 0.6 is 0 Å². The second kappa shape index (κ2) is 9.35. The summed E-state index contributed by atoms with van der Waals surface area (Å²) in [6.45, 7) is 3.72. The van der Waals surface area contributed by atoms with Crippen LogP contribution in [0.5, 0.6) is 5.75 Å². The molecule has 43 heavy (non-hydrogen) atoms. The van der Waals surface area contributed by atoms with Crippen LogP contribution in [-0.4, -0.2) is 120 Å². The van der Waals surface area contributed by atoms with E-state index < -0.39 is 69.4 Å². The molecule has 0 aromatic heterocycles. The maximum absolute atomic E-state index is 13.6. The lowest BCUT2D eigenvalue weighted by molar-refractivity contribution is -0.361. The number of rotatable bonds is 8. The van der Waals surface area contributed by atoms with E-state index in [9.17, 15) is 25.2 Å². The van der Waals surface area contributed by atoms with Gasteiger partial charge in [0.25, 0.3) is 0 Å². The molecule has 11 heteroatoms. The molecule has 6 aliphatic rings. The SMILES string of the molecule is CCN1C[C@]2(COC)CC[C@H](OC)[C@@]34[C@@H]5C[C@]6(O)[C@H](OC(=O)c7ccc(OC)cc7)[C@@H]5[C@](O)(C[C@]6(O)OC)[C@@H](C[C@]23O)[C@@H]14. The Morgan fingerprint density at radius 2 is 1.74 bits per heavy atom. The first kappa shape index (κ1) is 29.9. The third kappa shape index (κ3) is 3.20. The summed E-state index contributed by atoms with van der Waals surface area (Å²) < 4.78 is 29.1. The van der Waals surface area contributed by atoms with Gasteiger partial charge in [-0.15, -0.1) is 0 Å². The summed E-state index contributed by atoms with van der Waals surface area (Å²) in [5.41, 5.74) is -6.27. The summed E-state index contributed by atoms with van der Waals surface area (Å²) in [7, 11) is 6.15. The van der Waals surface area contributed by atoms with E-state index in [4.69, 9.17) is 23.7 Å². The van der Waals surface area contributed by atoms with Crippen molar-refractivity contribution >= 4 is 5.97 Å². The zero-order valence-electron chi connectivity index (χ0n) is 25.6. The Morgan fingerprint density at radius 1 is 1.02 bits per heavy atom. The fourth-order valence-corrected chi connectivity index (χ4v) is 11.7. The zero-order chi connectivity index (χ0) is 30.8. The van der Waals surface area contributed by atoms with Crippen LogP contribution in [0.4, 0.5) is 0 Å². The zero-order valence-corrected chi connectivity index (χ0v) is 25.6. The highest BCUT2D eigenvalue weighted by atomic mass is 16.6. The Labute approximate surface area is 252 Å². The molecule has 7 rings (SSSR count). The van der Waals surface area contributed by atoms with Crippen molar-refractivity contribution < 1.29 is 48.9 Å². The number of aliphatic hydroxyl groups is 4. The molecule has 238 valence electrons. The van der Waals surface area contributed by atoms with E-state index in [1.54, 1.807) is 38.5 Å². The van der Waals surface area contributed by atoms with E-state index in [1.165, 1.54) is 14.2 Å². The Hall–Kier alpha value is -1.83. The fourth-order valence-electron chi connectivity index (χ4n) is 11.7. The van der Waals surface area contributed by atoms with Crippen LogP contribution in [0.2, 0.25) is 0 Å². The number of hydrogen-bond acceptors (Lipinski definition) is 11. The van der Waals surface area contributed by atoms with Gasteiger partial charge in [0.2, 0.25) is 5.79 Å². The van der Waals surface area contributed by atoms with Gasteiger partial charge in [-0.1, -0.05) is 6.92 Å². The second-order valence-electron chi connectivity index (χ2n) is 14.1. The Balaban J connectivity index is 1.42. The lowest BCUT2D eigenvalue weighted by atomic mass is 9.41. The summed E-state index contributed by atoms with van der Waals surface area (Å²) >= 11 is 0. The van der Waals surface area contributed by atoms with Crippen molar-refractivity contribution in [1.82, 2.24) is 4.90 Å². The minimum Gasteiger partial charge on any atom is -0.497 e. The molecule has 5 aliphatic carbocycles. The summed E-state index contributed by atoms with van der Waals surface area (Å²) in [6.07, 6.45) is -0.374. The molecule has 1 aliphatic heterocycles. The standard InChI is InChI=1S/C32H45NO10/c1-6-33-16-27(17-39-2)12-11-22(41-4)32-20-13-29(36)25(43-26(34)18-7-9-19(40-3)10-8-18)23(20)28(35,15-31(29,38)42-5)21(24(32)33)14-30(27,32)37/h7-10,20-25,35-38H,6,11-17H2,1-5H3/t20-,21+,22+,23-,24-,25-,27+,28+,29+,30+,31+,32-/m1/s1. The van der Waals surface area contributed by atoms with Crippen molar-refractivity contribution in [3.05, 3.63) is 29.8 Å². The molecule has 1 spiro atoms. The number of carbonyl (C=O) groups excluding carboxylic acids is 1. The summed E-state index contributed by atoms with van der Waals surface area (Å²) in [4.78, 5) is 16.0. The minimum absolute atomic E-state index is 0.0448. The lowest BCUT2D eigenvalue weighted by Crippen LogP contribution is -2.82. The van der Waals surface area contributed by atoms with Crippen LogP contribution in [-0.2, 0) is 18.9 Å². The molecule has 0 radical (unpaired) electrons. The number of piperidine rings is 1. The molecule has 4 N–H and O–H groups in total. The van der Waals surface area contributed by atoms with Gasteiger partial charge in [-0.2, -0.15) is 0 Å². The molecule has 12 atom stereocenters. The van der Waals surface area contributed by atoms with Gasteiger partial charge >= 0.3 is 5.97 Å². The number of fused-ring (bicyclic) bond motifs is 2. The molecule has 0 unspecified atom stereocenters. The molecule has 5 saturated carbocycles. The van der Waals surface area contributed by atoms with Crippen molar-refractivity contribution in [2.24, 2.45) is 28.6 Å². The van der Waals surface area contributed by atoms with Crippen LogP contribution < -0.4 is 4.74 Å². The first-order chi connectivity index (χ1) is 20.4. The largest absolute Gasteiger partial charge is 0.497 e. The minimum atomic E-state index is -2.20. The quantitative estimate of drug-likeness (QED) is 0.249. The van der Waals surface area contributed by atoms with Gasteiger partial charge in [0.15, 0.2) is 5.60 Å². The van der Waals surface area contributed by atoms with Crippen LogP contribution in [0, 0.1) is 28.6 Å².